The Balaban J connectivity index is 1.65. The summed E-state index contributed by atoms with van der Waals surface area (Å²) in [6.07, 6.45) is 6.01. The third-order valence-electron chi connectivity index (χ3n) is 5.12. The molecule has 1 aromatic heterocycles. The van der Waals surface area contributed by atoms with Crippen molar-refractivity contribution in [1.82, 2.24) is 15.2 Å². The number of carbonyl (C=O) groups excluding carboxylic acids is 1. The molecule has 1 atom stereocenters. The van der Waals surface area contributed by atoms with Gasteiger partial charge in [-0.1, -0.05) is 6.07 Å². The van der Waals surface area contributed by atoms with Crippen LogP contribution in [-0.2, 0) is 22.3 Å². The average Bonchev–Trinajstić information content (AvgIpc) is 2.68. The third kappa shape index (κ3) is 9.30. The minimum atomic E-state index is -0.499. The van der Waals surface area contributed by atoms with Gasteiger partial charge in [-0.15, -0.1) is 0 Å². The number of methoxy groups -OCH3 is 1. The van der Waals surface area contributed by atoms with Gasteiger partial charge in [0.2, 0.25) is 0 Å². The Labute approximate surface area is 181 Å². The molecule has 0 aromatic carbocycles. The summed E-state index contributed by atoms with van der Waals surface area (Å²) in [5, 5.41) is 6.32. The summed E-state index contributed by atoms with van der Waals surface area (Å²) in [6.45, 7) is 9.01. The van der Waals surface area contributed by atoms with Crippen LogP contribution >= 0.6 is 0 Å². The first-order valence-electron chi connectivity index (χ1n) is 11.2. The van der Waals surface area contributed by atoms with E-state index in [1.165, 1.54) is 17.7 Å². The number of hydrogen-bond donors (Lipinski definition) is 2. The molecule has 170 valence electrons. The van der Waals surface area contributed by atoms with Crippen molar-refractivity contribution in [3.8, 4) is 0 Å². The number of hydrogen-bond acceptors (Lipinski definition) is 6. The second-order valence-electron chi connectivity index (χ2n) is 9.19. The van der Waals surface area contributed by atoms with E-state index in [0.29, 0.717) is 6.61 Å². The van der Waals surface area contributed by atoms with Crippen LogP contribution in [0.4, 0.5) is 10.6 Å². The topological polar surface area (TPSA) is 75.7 Å². The first-order valence-corrected chi connectivity index (χ1v) is 11.2. The number of alkyl carbamates (subject to hydrolysis) is 1. The number of nitrogens with zero attached hydrogens (tertiary/aromatic N) is 2. The lowest BCUT2D eigenvalue weighted by molar-refractivity contribution is 0.0460. The number of unbranched alkanes of at least 4 members (excludes halogenated alkanes) is 1. The highest BCUT2D eigenvalue weighted by Gasteiger charge is 2.19. The maximum Gasteiger partial charge on any atom is 0.407 e. The molecule has 0 bridgehead atoms. The molecule has 1 aliphatic heterocycles. The number of aryl methyl sites for hydroxylation is 2. The molecule has 0 aliphatic carbocycles. The van der Waals surface area contributed by atoms with Gasteiger partial charge in [0.05, 0.1) is 12.6 Å². The van der Waals surface area contributed by atoms with Gasteiger partial charge in [0.25, 0.3) is 0 Å². The van der Waals surface area contributed by atoms with E-state index in [4.69, 9.17) is 14.5 Å². The summed E-state index contributed by atoms with van der Waals surface area (Å²) >= 11 is 0. The smallest absolute Gasteiger partial charge is 0.407 e. The quantitative estimate of drug-likeness (QED) is 0.533. The van der Waals surface area contributed by atoms with Gasteiger partial charge in [-0.2, -0.15) is 0 Å². The average molecular weight is 421 g/mol. The molecule has 1 aliphatic rings. The summed E-state index contributed by atoms with van der Waals surface area (Å²) in [5.74, 6) is 1.08. The van der Waals surface area contributed by atoms with Crippen LogP contribution in [0.25, 0.3) is 0 Å². The summed E-state index contributed by atoms with van der Waals surface area (Å²) in [4.78, 5) is 19.1. The van der Waals surface area contributed by atoms with E-state index in [-0.39, 0.29) is 12.1 Å². The lowest BCUT2D eigenvalue weighted by Crippen LogP contribution is -2.43. The lowest BCUT2D eigenvalue weighted by atomic mass is 10.1. The van der Waals surface area contributed by atoms with Gasteiger partial charge in [-0.05, 0) is 91.1 Å². The Morgan fingerprint density at radius 1 is 1.30 bits per heavy atom. The Morgan fingerprint density at radius 2 is 2.10 bits per heavy atom. The highest BCUT2D eigenvalue weighted by molar-refractivity contribution is 5.68. The monoisotopic (exact) mass is 420 g/mol. The number of aromatic nitrogens is 1. The van der Waals surface area contributed by atoms with Crippen LogP contribution in [0.3, 0.4) is 0 Å². The van der Waals surface area contributed by atoms with Gasteiger partial charge in [-0.25, -0.2) is 9.78 Å². The zero-order valence-corrected chi connectivity index (χ0v) is 19.4. The molecule has 0 spiro atoms. The van der Waals surface area contributed by atoms with E-state index in [1.54, 1.807) is 7.11 Å². The third-order valence-corrected chi connectivity index (χ3v) is 5.12. The number of nitrogens with one attached hydrogen (secondary N) is 2. The predicted molar refractivity (Wildman–Crippen MR) is 121 cm³/mol. The van der Waals surface area contributed by atoms with Crippen molar-refractivity contribution < 1.29 is 14.3 Å². The van der Waals surface area contributed by atoms with Crippen LogP contribution in [0.1, 0.15) is 57.7 Å². The van der Waals surface area contributed by atoms with Crippen molar-refractivity contribution in [3.63, 3.8) is 0 Å². The fourth-order valence-electron chi connectivity index (χ4n) is 3.56. The number of fused-ring (bicyclic) bond motifs is 1. The molecule has 7 nitrogen and oxygen atoms in total. The van der Waals surface area contributed by atoms with Crippen LogP contribution in [0, 0.1) is 0 Å². The van der Waals surface area contributed by atoms with Crippen LogP contribution < -0.4 is 10.6 Å². The molecule has 30 heavy (non-hydrogen) atoms. The van der Waals surface area contributed by atoms with Crippen LogP contribution in [0.5, 0.6) is 0 Å². The van der Waals surface area contributed by atoms with Crippen molar-refractivity contribution in [3.05, 3.63) is 23.4 Å². The normalized spacial score (nSPS) is 14.7. The number of carbonyl (C=O) groups is 1. The fourth-order valence-corrected chi connectivity index (χ4v) is 3.56. The standard InChI is InChI=1S/C23H40N4O3/c1-23(2,3)30-22(28)26-20(17-29-5)13-16-27(4)15-7-6-10-19-12-11-18-9-8-14-24-21(18)25-19/h11-12,20H,6-10,13-17H2,1-5H3,(H,24,25)(H,26,28)/t20-/m0/s1. The maximum absolute atomic E-state index is 12.0. The molecule has 0 saturated carbocycles. The predicted octanol–water partition coefficient (Wildman–Crippen LogP) is 3.62. The SMILES string of the molecule is COC[C@H](CCN(C)CCCCc1ccc2c(n1)NCCC2)NC(=O)OC(C)(C)C. The lowest BCUT2D eigenvalue weighted by Gasteiger charge is -2.25. The summed E-state index contributed by atoms with van der Waals surface area (Å²) < 4.78 is 10.6. The van der Waals surface area contributed by atoms with Crippen LogP contribution in [0.2, 0.25) is 0 Å². The van der Waals surface area contributed by atoms with Crippen molar-refractivity contribution in [1.29, 1.82) is 0 Å². The number of rotatable bonds is 11. The summed E-state index contributed by atoms with van der Waals surface area (Å²) in [6, 6.07) is 4.34. The molecule has 0 radical (unpaired) electrons. The van der Waals surface area contributed by atoms with Gasteiger partial charge in [-0.3, -0.25) is 0 Å². The summed E-state index contributed by atoms with van der Waals surface area (Å²) in [5.41, 5.74) is 2.02. The Morgan fingerprint density at radius 3 is 2.83 bits per heavy atom. The first kappa shape index (κ1) is 24.4. The Bertz CT molecular complexity index is 660. The Hall–Kier alpha value is -1.86. The largest absolute Gasteiger partial charge is 0.444 e. The second-order valence-corrected chi connectivity index (χ2v) is 9.19. The zero-order valence-electron chi connectivity index (χ0n) is 19.4. The van der Waals surface area contributed by atoms with Crippen molar-refractivity contribution >= 4 is 11.9 Å². The van der Waals surface area contributed by atoms with Gasteiger partial charge in [0, 0.05) is 19.3 Å². The molecule has 0 saturated heterocycles. The molecule has 0 fully saturated rings. The number of pyridine rings is 1. The maximum atomic E-state index is 12.0. The van der Waals surface area contributed by atoms with E-state index in [2.05, 4.69) is 34.7 Å². The number of anilines is 1. The van der Waals surface area contributed by atoms with E-state index >= 15 is 0 Å². The van der Waals surface area contributed by atoms with Gasteiger partial charge in [0.15, 0.2) is 0 Å². The first-order chi connectivity index (χ1) is 14.3. The number of ether oxygens (including phenoxy) is 2. The van der Waals surface area contributed by atoms with E-state index < -0.39 is 5.60 Å². The van der Waals surface area contributed by atoms with Crippen molar-refractivity contribution in [2.45, 2.75) is 70.9 Å². The fraction of sp³-hybridized carbons (Fsp3) is 0.739. The van der Waals surface area contributed by atoms with Gasteiger partial charge < -0.3 is 25.0 Å². The van der Waals surface area contributed by atoms with Crippen LogP contribution in [0.15, 0.2) is 12.1 Å². The molecule has 0 unspecified atom stereocenters. The molecular weight excluding hydrogens is 380 g/mol. The molecule has 2 N–H and O–H groups in total. The molecule has 7 heteroatoms. The molecular formula is C23H40N4O3. The minimum absolute atomic E-state index is 0.0560. The minimum Gasteiger partial charge on any atom is -0.444 e. The van der Waals surface area contributed by atoms with Gasteiger partial charge >= 0.3 is 6.09 Å². The highest BCUT2D eigenvalue weighted by atomic mass is 16.6. The highest BCUT2D eigenvalue weighted by Crippen LogP contribution is 2.20. The van der Waals surface area contributed by atoms with Crippen molar-refractivity contribution in [2.24, 2.45) is 0 Å². The van der Waals surface area contributed by atoms with E-state index in [1.807, 2.05) is 20.8 Å². The van der Waals surface area contributed by atoms with E-state index in [9.17, 15) is 4.79 Å². The zero-order chi connectivity index (χ0) is 22.0. The van der Waals surface area contributed by atoms with E-state index in [0.717, 1.165) is 57.6 Å². The molecule has 1 amide bonds. The molecule has 2 heterocycles. The van der Waals surface area contributed by atoms with Crippen LogP contribution in [-0.4, -0.2) is 68.0 Å². The number of amides is 1. The molecule has 1 aromatic rings. The molecule has 2 rings (SSSR count). The Kier molecular flexibility index (Phi) is 9.85. The van der Waals surface area contributed by atoms with Gasteiger partial charge in [0.1, 0.15) is 11.4 Å². The summed E-state index contributed by atoms with van der Waals surface area (Å²) in [7, 11) is 3.77. The van der Waals surface area contributed by atoms with Crippen molar-refractivity contribution in [2.75, 3.05) is 45.7 Å². The second kappa shape index (κ2) is 12.1.